The number of Topliss-reactive ketones (excluding diaryl/α,β-unsaturated/α-hetero) is 1. The Labute approximate surface area is 295 Å². The zero-order valence-corrected chi connectivity index (χ0v) is 30.4. The monoisotopic (exact) mass is 693 g/mol. The molecular formula is C37H55N7O6. The van der Waals surface area contributed by atoms with Gasteiger partial charge in [0.15, 0.2) is 0 Å². The lowest BCUT2D eigenvalue weighted by molar-refractivity contribution is -0.146. The van der Waals surface area contributed by atoms with Crippen molar-refractivity contribution in [3.63, 3.8) is 0 Å². The van der Waals surface area contributed by atoms with Crippen LogP contribution in [0.15, 0.2) is 30.2 Å². The Bertz CT molecular complexity index is 1430. The van der Waals surface area contributed by atoms with Crippen molar-refractivity contribution in [2.24, 2.45) is 17.3 Å². The van der Waals surface area contributed by atoms with Crippen LogP contribution in [0.25, 0.3) is 0 Å². The third kappa shape index (κ3) is 10.2. The summed E-state index contributed by atoms with van der Waals surface area (Å²) in [6.45, 7) is 11.5. The summed E-state index contributed by atoms with van der Waals surface area (Å²) < 4.78 is 0. The van der Waals surface area contributed by atoms with Crippen molar-refractivity contribution < 1.29 is 28.8 Å². The number of amides is 5. The summed E-state index contributed by atoms with van der Waals surface area (Å²) >= 11 is 0. The average Bonchev–Trinajstić information content (AvgIpc) is 3.80. The molecule has 1 aliphatic heterocycles. The molecule has 4 N–H and O–H groups in total. The highest BCUT2D eigenvalue weighted by molar-refractivity contribution is 6.38. The van der Waals surface area contributed by atoms with E-state index in [-0.39, 0.29) is 36.5 Å². The first-order valence-electron chi connectivity index (χ1n) is 18.2. The topological polar surface area (TPSA) is 180 Å². The molecule has 0 aromatic carbocycles. The van der Waals surface area contributed by atoms with Gasteiger partial charge in [-0.05, 0) is 63.7 Å². The molecule has 0 unspecified atom stereocenters. The second kappa shape index (κ2) is 17.2. The average molecular weight is 694 g/mol. The number of likely N-dealkylation sites (tertiary alicyclic amines) is 1. The molecule has 5 amide bonds. The molecule has 1 saturated heterocycles. The van der Waals surface area contributed by atoms with Gasteiger partial charge < -0.3 is 26.2 Å². The number of carbonyl (C=O) groups excluding carboxylic acids is 6. The van der Waals surface area contributed by atoms with Gasteiger partial charge in [-0.15, -0.1) is 0 Å². The first-order valence-corrected chi connectivity index (χ1v) is 18.2. The SMILES string of the molecule is CCC[C@H](NC(=O)[C@@H]1[C@@H](C=C(C)C)CCN1C(=O)[C@@H](NC(=O)[C@@H](NC(=O)c1cnccn1)C1CCCCC1)C(C)(C)C)C(=O)C(=O)NC1CC1. The van der Waals surface area contributed by atoms with E-state index in [0.717, 1.165) is 50.5 Å². The fourth-order valence-corrected chi connectivity index (χ4v) is 7.00. The Morgan fingerprint density at radius 1 is 0.940 bits per heavy atom. The minimum absolute atomic E-state index is 0.00277. The molecule has 2 heterocycles. The van der Waals surface area contributed by atoms with Crippen LogP contribution in [0.3, 0.4) is 0 Å². The Kier molecular flexibility index (Phi) is 13.3. The van der Waals surface area contributed by atoms with Crippen molar-refractivity contribution in [2.75, 3.05) is 6.54 Å². The smallest absolute Gasteiger partial charge is 0.289 e. The van der Waals surface area contributed by atoms with Gasteiger partial charge in [-0.1, -0.05) is 65.0 Å². The van der Waals surface area contributed by atoms with Crippen molar-refractivity contribution in [3.05, 3.63) is 35.9 Å². The molecule has 50 heavy (non-hydrogen) atoms. The third-order valence-corrected chi connectivity index (χ3v) is 9.78. The Hall–Kier alpha value is -4.16. The maximum absolute atomic E-state index is 14.6. The van der Waals surface area contributed by atoms with Crippen LogP contribution in [-0.4, -0.2) is 86.9 Å². The lowest BCUT2D eigenvalue weighted by Gasteiger charge is -2.38. The third-order valence-electron chi connectivity index (χ3n) is 9.78. The summed E-state index contributed by atoms with van der Waals surface area (Å²) in [6.07, 6.45) is 13.6. The van der Waals surface area contributed by atoms with Gasteiger partial charge in [0.25, 0.3) is 11.8 Å². The van der Waals surface area contributed by atoms with E-state index in [4.69, 9.17) is 0 Å². The molecule has 2 aliphatic carbocycles. The Morgan fingerprint density at radius 2 is 1.64 bits per heavy atom. The molecule has 13 heteroatoms. The first-order chi connectivity index (χ1) is 23.7. The van der Waals surface area contributed by atoms with Crippen molar-refractivity contribution in [1.29, 1.82) is 0 Å². The summed E-state index contributed by atoms with van der Waals surface area (Å²) in [5, 5.41) is 11.4. The molecule has 2 saturated carbocycles. The van der Waals surface area contributed by atoms with E-state index >= 15 is 0 Å². The summed E-state index contributed by atoms with van der Waals surface area (Å²) in [5.41, 5.74) is 0.295. The van der Waals surface area contributed by atoms with Crippen LogP contribution in [0.4, 0.5) is 0 Å². The highest BCUT2D eigenvalue weighted by atomic mass is 16.2. The van der Waals surface area contributed by atoms with Crippen LogP contribution < -0.4 is 21.3 Å². The maximum Gasteiger partial charge on any atom is 0.289 e. The van der Waals surface area contributed by atoms with E-state index in [1.54, 1.807) is 0 Å². The van der Waals surface area contributed by atoms with Gasteiger partial charge in [-0.3, -0.25) is 33.8 Å². The van der Waals surface area contributed by atoms with E-state index < -0.39 is 64.9 Å². The van der Waals surface area contributed by atoms with Crippen LogP contribution in [0.2, 0.25) is 0 Å². The number of hydrogen-bond acceptors (Lipinski definition) is 8. The summed E-state index contributed by atoms with van der Waals surface area (Å²) in [6, 6.07) is -3.92. The standard InChI is InChI=1S/C37H55N7O6/c1-7-11-26(30(45)35(49)40-25-14-15-25)41-34(48)29-24(20-22(2)3)16-19-44(29)36(50)31(37(4,5)6)43-33(47)28(23-12-9-8-10-13-23)42-32(46)27-21-38-17-18-39-27/h17-18,20-21,23-26,28-29,31H,7-16,19H2,1-6H3,(H,40,49)(H,41,48)(H,42,46)(H,43,47)/t24-,26+,28+,29+,31-/m1/s1. The van der Waals surface area contributed by atoms with Gasteiger partial charge in [0.2, 0.25) is 23.5 Å². The van der Waals surface area contributed by atoms with Crippen molar-refractivity contribution in [2.45, 2.75) is 136 Å². The van der Waals surface area contributed by atoms with Crippen LogP contribution in [0, 0.1) is 17.3 Å². The minimum atomic E-state index is -1.03. The molecule has 13 nitrogen and oxygen atoms in total. The molecule has 0 radical (unpaired) electrons. The lowest BCUT2D eigenvalue weighted by Crippen LogP contribution is -2.62. The second-order valence-corrected chi connectivity index (χ2v) is 15.4. The van der Waals surface area contributed by atoms with Crippen LogP contribution in [-0.2, 0) is 24.0 Å². The molecule has 3 aliphatic rings. The van der Waals surface area contributed by atoms with E-state index in [0.29, 0.717) is 12.8 Å². The zero-order chi connectivity index (χ0) is 36.6. The normalized spacial score (nSPS) is 21.3. The number of aromatic nitrogens is 2. The van der Waals surface area contributed by atoms with Crippen molar-refractivity contribution in [3.8, 4) is 0 Å². The number of nitrogens with one attached hydrogen (secondary N) is 4. The first kappa shape index (κ1) is 38.6. The molecule has 3 fully saturated rings. The number of allylic oxidation sites excluding steroid dienone is 1. The van der Waals surface area contributed by atoms with Crippen LogP contribution in [0.1, 0.15) is 116 Å². The molecule has 4 rings (SSSR count). The van der Waals surface area contributed by atoms with Gasteiger partial charge in [-0.25, -0.2) is 4.98 Å². The number of rotatable bonds is 14. The summed E-state index contributed by atoms with van der Waals surface area (Å²) in [5.74, 6) is -3.80. The van der Waals surface area contributed by atoms with Gasteiger partial charge in [-0.2, -0.15) is 0 Å². The van der Waals surface area contributed by atoms with Gasteiger partial charge in [0, 0.05) is 30.9 Å². The number of hydrogen-bond donors (Lipinski definition) is 4. The number of carbonyl (C=O) groups is 6. The highest BCUT2D eigenvalue weighted by Crippen LogP contribution is 2.32. The fourth-order valence-electron chi connectivity index (χ4n) is 7.00. The summed E-state index contributed by atoms with van der Waals surface area (Å²) in [7, 11) is 0. The number of nitrogens with zero attached hydrogens (tertiary/aromatic N) is 3. The molecule has 0 bridgehead atoms. The van der Waals surface area contributed by atoms with Gasteiger partial charge in [0.05, 0.1) is 12.2 Å². The Morgan fingerprint density at radius 3 is 2.22 bits per heavy atom. The number of ketones is 1. The van der Waals surface area contributed by atoms with E-state index in [2.05, 4.69) is 31.2 Å². The fraction of sp³-hybridized carbons (Fsp3) is 0.676. The van der Waals surface area contributed by atoms with E-state index in [9.17, 15) is 28.8 Å². The molecule has 1 aromatic heterocycles. The molecule has 5 atom stereocenters. The molecular weight excluding hydrogens is 638 g/mol. The van der Waals surface area contributed by atoms with Crippen LogP contribution >= 0.6 is 0 Å². The molecule has 0 spiro atoms. The quantitative estimate of drug-likeness (QED) is 0.170. The second-order valence-electron chi connectivity index (χ2n) is 15.4. The maximum atomic E-state index is 14.6. The molecule has 1 aromatic rings. The van der Waals surface area contributed by atoms with Crippen LogP contribution in [0.5, 0.6) is 0 Å². The minimum Gasteiger partial charge on any atom is -0.347 e. The van der Waals surface area contributed by atoms with Crippen molar-refractivity contribution in [1.82, 2.24) is 36.1 Å². The van der Waals surface area contributed by atoms with Gasteiger partial charge >= 0.3 is 0 Å². The highest BCUT2D eigenvalue weighted by Gasteiger charge is 2.47. The molecule has 274 valence electrons. The predicted molar refractivity (Wildman–Crippen MR) is 187 cm³/mol. The predicted octanol–water partition coefficient (Wildman–Crippen LogP) is 3.00. The van der Waals surface area contributed by atoms with E-state index in [1.165, 1.54) is 23.5 Å². The largest absolute Gasteiger partial charge is 0.347 e. The van der Waals surface area contributed by atoms with Crippen molar-refractivity contribution >= 4 is 35.3 Å². The lowest BCUT2D eigenvalue weighted by atomic mass is 9.82. The summed E-state index contributed by atoms with van der Waals surface area (Å²) in [4.78, 5) is 91.4. The Balaban J connectivity index is 1.58. The van der Waals surface area contributed by atoms with E-state index in [1.807, 2.05) is 47.6 Å². The zero-order valence-electron chi connectivity index (χ0n) is 30.4. The van der Waals surface area contributed by atoms with Gasteiger partial charge in [0.1, 0.15) is 23.8 Å².